The highest BCUT2D eigenvalue weighted by Gasteiger charge is 2.31. The maximum atomic E-state index is 4.24. The van der Waals surface area contributed by atoms with Gasteiger partial charge >= 0.3 is 0 Å². The SMILES string of the molecule is [CH2].c1cncc(C2CCC3CCCN2C3)c1. The molecule has 2 nitrogen and oxygen atoms in total. The molecule has 3 atom stereocenters. The van der Waals surface area contributed by atoms with Crippen LogP contribution in [0.15, 0.2) is 24.5 Å². The summed E-state index contributed by atoms with van der Waals surface area (Å²) in [5.41, 5.74) is 1.41. The molecule has 3 heterocycles. The molecule has 2 saturated heterocycles. The molecule has 0 N–H and O–H groups in total. The third-order valence-corrected chi connectivity index (χ3v) is 3.91. The van der Waals surface area contributed by atoms with Gasteiger partial charge in [-0.3, -0.25) is 9.88 Å². The molecule has 2 heteroatoms. The molecular weight excluding hydrogens is 196 g/mol. The molecule has 3 unspecified atom stereocenters. The lowest BCUT2D eigenvalue weighted by Crippen LogP contribution is -2.42. The first-order chi connectivity index (χ1) is 7.43. The minimum atomic E-state index is 0. The van der Waals surface area contributed by atoms with Gasteiger partial charge in [-0.25, -0.2) is 0 Å². The largest absolute Gasteiger partial charge is 0.296 e. The minimum Gasteiger partial charge on any atom is -0.296 e. The van der Waals surface area contributed by atoms with E-state index in [0.717, 1.165) is 5.92 Å². The van der Waals surface area contributed by atoms with Gasteiger partial charge in [0.05, 0.1) is 0 Å². The van der Waals surface area contributed by atoms with Crippen molar-refractivity contribution in [2.45, 2.75) is 31.7 Å². The number of piperidine rings is 2. The fourth-order valence-corrected chi connectivity index (χ4v) is 3.14. The summed E-state index contributed by atoms with van der Waals surface area (Å²) in [5.74, 6) is 0.978. The van der Waals surface area contributed by atoms with Crippen molar-refractivity contribution in [2.75, 3.05) is 13.1 Å². The second-order valence-corrected chi connectivity index (χ2v) is 4.88. The van der Waals surface area contributed by atoms with E-state index in [-0.39, 0.29) is 7.43 Å². The molecule has 1 aromatic rings. The van der Waals surface area contributed by atoms with Crippen LogP contribution in [0.25, 0.3) is 0 Å². The van der Waals surface area contributed by atoms with Gasteiger partial charge in [-0.05, 0) is 49.8 Å². The van der Waals surface area contributed by atoms with E-state index in [0.29, 0.717) is 6.04 Å². The minimum absolute atomic E-state index is 0. The Balaban J connectivity index is 0.000000963. The molecule has 86 valence electrons. The van der Waals surface area contributed by atoms with Gasteiger partial charge in [0.15, 0.2) is 0 Å². The average molecular weight is 216 g/mol. The molecule has 2 radical (unpaired) electrons. The quantitative estimate of drug-likeness (QED) is 0.717. The second kappa shape index (κ2) is 4.96. The Morgan fingerprint density at radius 1 is 1.25 bits per heavy atom. The maximum absolute atomic E-state index is 4.24. The molecule has 0 saturated carbocycles. The molecule has 0 amide bonds. The van der Waals surface area contributed by atoms with E-state index in [4.69, 9.17) is 0 Å². The van der Waals surface area contributed by atoms with Crippen LogP contribution in [-0.4, -0.2) is 23.0 Å². The molecule has 2 aliphatic rings. The van der Waals surface area contributed by atoms with Gasteiger partial charge in [-0.2, -0.15) is 0 Å². The summed E-state index contributed by atoms with van der Waals surface area (Å²) in [7, 11) is 0. The Morgan fingerprint density at radius 2 is 2.19 bits per heavy atom. The second-order valence-electron chi connectivity index (χ2n) is 4.88. The van der Waals surface area contributed by atoms with Crippen molar-refractivity contribution in [2.24, 2.45) is 5.92 Å². The van der Waals surface area contributed by atoms with Crippen LogP contribution in [-0.2, 0) is 0 Å². The molecule has 2 aliphatic heterocycles. The lowest BCUT2D eigenvalue weighted by Gasteiger charge is -2.43. The van der Waals surface area contributed by atoms with E-state index >= 15 is 0 Å². The maximum Gasteiger partial charge on any atom is 0.0363 e. The van der Waals surface area contributed by atoms with Crippen molar-refractivity contribution in [3.05, 3.63) is 37.5 Å². The summed E-state index contributed by atoms with van der Waals surface area (Å²) in [4.78, 5) is 6.90. The van der Waals surface area contributed by atoms with Crippen molar-refractivity contribution >= 4 is 0 Å². The number of hydrogen-bond acceptors (Lipinski definition) is 2. The lowest BCUT2D eigenvalue weighted by atomic mass is 9.84. The summed E-state index contributed by atoms with van der Waals surface area (Å²) in [6.45, 7) is 2.61. The number of hydrogen-bond donors (Lipinski definition) is 0. The molecular formula is C14H20N2. The standard InChI is InChI=1S/C13H18N2.CH2/c1-4-12(9-14-7-1)13-6-5-11-3-2-8-15(13)10-11;/h1,4,7,9,11,13H,2-3,5-6,8,10H2;1H2. The Hall–Kier alpha value is -0.890. The number of nitrogens with zero attached hydrogens (tertiary/aromatic N) is 2. The van der Waals surface area contributed by atoms with E-state index in [1.807, 2.05) is 12.4 Å². The molecule has 2 fully saturated rings. The third kappa shape index (κ3) is 2.12. The highest BCUT2D eigenvalue weighted by atomic mass is 15.2. The highest BCUT2D eigenvalue weighted by molar-refractivity contribution is 5.15. The van der Waals surface area contributed by atoms with E-state index in [9.17, 15) is 0 Å². The fraction of sp³-hybridized carbons (Fsp3) is 0.571. The zero-order valence-electron chi connectivity index (χ0n) is 9.81. The Bertz CT molecular complexity index is 323. The van der Waals surface area contributed by atoms with Gasteiger partial charge in [-0.1, -0.05) is 13.5 Å². The topological polar surface area (TPSA) is 16.1 Å². The van der Waals surface area contributed by atoms with E-state index in [1.54, 1.807) is 0 Å². The predicted octanol–water partition coefficient (Wildman–Crippen LogP) is 2.96. The Morgan fingerprint density at radius 3 is 3.00 bits per heavy atom. The van der Waals surface area contributed by atoms with Gasteiger partial charge in [0, 0.05) is 25.0 Å². The Kier molecular flexibility index (Phi) is 3.59. The van der Waals surface area contributed by atoms with Crippen LogP contribution in [0, 0.1) is 13.3 Å². The first kappa shape index (κ1) is 11.6. The summed E-state index contributed by atoms with van der Waals surface area (Å²) in [6.07, 6.45) is 9.50. The molecule has 2 bridgehead atoms. The van der Waals surface area contributed by atoms with Gasteiger partial charge in [0.25, 0.3) is 0 Å². The number of pyridine rings is 1. The zero-order valence-corrected chi connectivity index (χ0v) is 9.81. The molecule has 16 heavy (non-hydrogen) atoms. The molecule has 3 rings (SSSR count). The monoisotopic (exact) mass is 216 g/mol. The third-order valence-electron chi connectivity index (χ3n) is 3.91. The predicted molar refractivity (Wildman–Crippen MR) is 65.9 cm³/mol. The van der Waals surface area contributed by atoms with Crippen LogP contribution in [0.3, 0.4) is 0 Å². The van der Waals surface area contributed by atoms with E-state index in [2.05, 4.69) is 22.0 Å². The first-order valence-corrected chi connectivity index (χ1v) is 6.07. The van der Waals surface area contributed by atoms with Crippen LogP contribution in [0.2, 0.25) is 0 Å². The van der Waals surface area contributed by atoms with Crippen molar-refractivity contribution in [3.8, 4) is 0 Å². The summed E-state index contributed by atoms with van der Waals surface area (Å²) in [5, 5.41) is 0. The lowest BCUT2D eigenvalue weighted by molar-refractivity contribution is 0.0670. The Labute approximate surface area is 98.7 Å². The number of rotatable bonds is 1. The number of fused-ring (bicyclic) bond motifs is 2. The van der Waals surface area contributed by atoms with Gasteiger partial charge in [0.1, 0.15) is 0 Å². The van der Waals surface area contributed by atoms with Gasteiger partial charge in [0.2, 0.25) is 0 Å². The van der Waals surface area contributed by atoms with Crippen LogP contribution in [0.5, 0.6) is 0 Å². The van der Waals surface area contributed by atoms with Crippen LogP contribution in [0.1, 0.15) is 37.3 Å². The molecule has 0 aliphatic carbocycles. The van der Waals surface area contributed by atoms with Gasteiger partial charge in [-0.15, -0.1) is 0 Å². The summed E-state index contributed by atoms with van der Waals surface area (Å²) >= 11 is 0. The summed E-state index contributed by atoms with van der Waals surface area (Å²) < 4.78 is 0. The molecule has 1 aromatic heterocycles. The number of aromatic nitrogens is 1. The summed E-state index contributed by atoms with van der Waals surface area (Å²) in [6, 6.07) is 4.94. The van der Waals surface area contributed by atoms with Crippen molar-refractivity contribution in [3.63, 3.8) is 0 Å². The van der Waals surface area contributed by atoms with E-state index < -0.39 is 0 Å². The van der Waals surface area contributed by atoms with Crippen molar-refractivity contribution < 1.29 is 0 Å². The van der Waals surface area contributed by atoms with Crippen molar-refractivity contribution in [1.82, 2.24) is 9.88 Å². The smallest absolute Gasteiger partial charge is 0.0363 e. The fourth-order valence-electron chi connectivity index (χ4n) is 3.14. The van der Waals surface area contributed by atoms with Gasteiger partial charge < -0.3 is 0 Å². The first-order valence-electron chi connectivity index (χ1n) is 6.07. The van der Waals surface area contributed by atoms with Crippen LogP contribution in [0.4, 0.5) is 0 Å². The zero-order chi connectivity index (χ0) is 10.1. The highest BCUT2D eigenvalue weighted by Crippen LogP contribution is 2.37. The molecule has 0 spiro atoms. The van der Waals surface area contributed by atoms with E-state index in [1.165, 1.54) is 44.3 Å². The van der Waals surface area contributed by atoms with Crippen LogP contribution >= 0.6 is 0 Å². The van der Waals surface area contributed by atoms with Crippen molar-refractivity contribution in [1.29, 1.82) is 0 Å². The normalized spacial score (nSPS) is 32.9. The average Bonchev–Trinajstić information content (AvgIpc) is 2.31. The van der Waals surface area contributed by atoms with Crippen LogP contribution < -0.4 is 0 Å². The molecule has 0 aromatic carbocycles.